The van der Waals surface area contributed by atoms with Crippen LogP contribution >= 0.6 is 0 Å². The number of aryl methyl sites for hydroxylation is 2. The van der Waals surface area contributed by atoms with Crippen molar-refractivity contribution in [3.05, 3.63) is 29.3 Å². The van der Waals surface area contributed by atoms with E-state index in [1.165, 1.54) is 17.5 Å². The van der Waals surface area contributed by atoms with Crippen LogP contribution in [-0.2, 0) is 0 Å². The van der Waals surface area contributed by atoms with Crippen molar-refractivity contribution in [1.82, 2.24) is 4.90 Å². The minimum absolute atomic E-state index is 0.363. The summed E-state index contributed by atoms with van der Waals surface area (Å²) in [6.07, 6.45) is 0.871. The van der Waals surface area contributed by atoms with Gasteiger partial charge in [-0.25, -0.2) is 0 Å². The van der Waals surface area contributed by atoms with Gasteiger partial charge in [0.2, 0.25) is 0 Å². The number of hydrogen-bond acceptors (Lipinski definition) is 3. The molecule has 3 heteroatoms. The highest BCUT2D eigenvalue weighted by Crippen LogP contribution is 2.21. The average molecular weight is 291 g/mol. The van der Waals surface area contributed by atoms with Crippen LogP contribution in [-0.4, -0.2) is 42.4 Å². The van der Waals surface area contributed by atoms with E-state index in [9.17, 15) is 5.11 Å². The molecule has 3 nitrogen and oxygen atoms in total. The summed E-state index contributed by atoms with van der Waals surface area (Å²) in [5.41, 5.74) is 2.49. The van der Waals surface area contributed by atoms with Crippen LogP contribution in [0.3, 0.4) is 0 Å². The third-order valence-electron chi connectivity index (χ3n) is 4.33. The molecule has 0 aromatic heterocycles. The van der Waals surface area contributed by atoms with Crippen molar-refractivity contribution >= 4 is 0 Å². The molecule has 1 heterocycles. The molecule has 2 rings (SSSR count). The number of piperidine rings is 1. The maximum atomic E-state index is 10.2. The molecule has 1 aromatic rings. The van der Waals surface area contributed by atoms with Crippen molar-refractivity contribution in [2.24, 2.45) is 11.8 Å². The van der Waals surface area contributed by atoms with E-state index in [2.05, 4.69) is 38.7 Å². The summed E-state index contributed by atoms with van der Waals surface area (Å²) >= 11 is 0. The van der Waals surface area contributed by atoms with Gasteiger partial charge in [0.25, 0.3) is 0 Å². The number of rotatable bonds is 5. The number of nitrogens with zero attached hydrogens (tertiary/aromatic N) is 1. The molecule has 118 valence electrons. The molecule has 0 saturated carbocycles. The molecular formula is C18H29NO2. The lowest BCUT2D eigenvalue weighted by atomic mass is 9.92. The lowest BCUT2D eigenvalue weighted by molar-refractivity contribution is 0.0429. The summed E-state index contributed by atoms with van der Waals surface area (Å²) in [5.74, 6) is 2.29. The van der Waals surface area contributed by atoms with Crippen molar-refractivity contribution in [3.63, 3.8) is 0 Å². The summed E-state index contributed by atoms with van der Waals surface area (Å²) < 4.78 is 5.72. The number of ether oxygens (including phenoxy) is 1. The topological polar surface area (TPSA) is 32.7 Å². The number of likely N-dealkylation sites (tertiary alicyclic amines) is 1. The molecule has 1 aliphatic rings. The summed E-state index contributed by atoms with van der Waals surface area (Å²) in [7, 11) is 0. The van der Waals surface area contributed by atoms with Gasteiger partial charge < -0.3 is 14.7 Å². The third kappa shape index (κ3) is 5.01. The van der Waals surface area contributed by atoms with Crippen LogP contribution in [0.15, 0.2) is 18.2 Å². The van der Waals surface area contributed by atoms with Gasteiger partial charge in [-0.05, 0) is 55.4 Å². The third-order valence-corrected chi connectivity index (χ3v) is 4.33. The van der Waals surface area contributed by atoms with Crippen LogP contribution in [0.25, 0.3) is 0 Å². The first-order valence-electron chi connectivity index (χ1n) is 8.04. The summed E-state index contributed by atoms with van der Waals surface area (Å²) in [6.45, 7) is 12.0. The zero-order valence-corrected chi connectivity index (χ0v) is 13.8. The quantitative estimate of drug-likeness (QED) is 0.905. The van der Waals surface area contributed by atoms with Crippen LogP contribution in [0.5, 0.6) is 5.75 Å². The Morgan fingerprint density at radius 2 is 1.86 bits per heavy atom. The fourth-order valence-electron chi connectivity index (χ4n) is 3.29. The summed E-state index contributed by atoms with van der Waals surface area (Å²) in [6, 6.07) is 6.07. The van der Waals surface area contributed by atoms with Crippen LogP contribution in [0.4, 0.5) is 0 Å². The zero-order chi connectivity index (χ0) is 15.4. The Kier molecular flexibility index (Phi) is 5.65. The predicted octanol–water partition coefficient (Wildman–Crippen LogP) is 3.02. The Bertz CT molecular complexity index is 451. The molecule has 0 bridgehead atoms. The standard InChI is InChI=1S/C18H29NO2/c1-13-7-14(2)10-19(9-13)11-17(20)12-21-18-6-5-15(3)16(4)8-18/h5-6,8,13-14,17,20H,7,9-12H2,1-4H3. The highest BCUT2D eigenvalue weighted by molar-refractivity contribution is 5.33. The molecule has 1 N–H and O–H groups in total. The van der Waals surface area contributed by atoms with Gasteiger partial charge in [0, 0.05) is 19.6 Å². The van der Waals surface area contributed by atoms with Gasteiger partial charge in [-0.1, -0.05) is 19.9 Å². The lowest BCUT2D eigenvalue weighted by Crippen LogP contribution is -2.44. The van der Waals surface area contributed by atoms with E-state index >= 15 is 0 Å². The van der Waals surface area contributed by atoms with E-state index in [0.717, 1.165) is 30.7 Å². The Hall–Kier alpha value is -1.06. The molecule has 0 aliphatic carbocycles. The van der Waals surface area contributed by atoms with Gasteiger partial charge in [-0.3, -0.25) is 0 Å². The monoisotopic (exact) mass is 291 g/mol. The largest absolute Gasteiger partial charge is 0.491 e. The van der Waals surface area contributed by atoms with E-state index in [-0.39, 0.29) is 0 Å². The molecule has 1 fully saturated rings. The summed E-state index contributed by atoms with van der Waals surface area (Å²) in [4.78, 5) is 2.37. The number of aliphatic hydroxyl groups excluding tert-OH is 1. The Morgan fingerprint density at radius 1 is 1.19 bits per heavy atom. The lowest BCUT2D eigenvalue weighted by Gasteiger charge is -2.35. The van der Waals surface area contributed by atoms with Crippen molar-refractivity contribution in [3.8, 4) is 5.75 Å². The normalized spacial score (nSPS) is 24.8. The zero-order valence-electron chi connectivity index (χ0n) is 13.8. The van der Waals surface area contributed by atoms with Gasteiger partial charge in [0.05, 0.1) is 0 Å². The highest BCUT2D eigenvalue weighted by atomic mass is 16.5. The maximum Gasteiger partial charge on any atom is 0.119 e. The van der Waals surface area contributed by atoms with E-state index in [1.807, 2.05) is 12.1 Å². The van der Waals surface area contributed by atoms with Gasteiger partial charge in [-0.2, -0.15) is 0 Å². The minimum atomic E-state index is -0.427. The van der Waals surface area contributed by atoms with Crippen molar-refractivity contribution in [1.29, 1.82) is 0 Å². The first-order valence-corrected chi connectivity index (χ1v) is 8.04. The number of benzene rings is 1. The number of β-amino-alcohol motifs (C(OH)–C–C–N with tert-alkyl or cyclic N) is 1. The summed E-state index contributed by atoms with van der Waals surface area (Å²) in [5, 5.41) is 10.2. The fraction of sp³-hybridized carbons (Fsp3) is 0.667. The number of hydrogen-bond donors (Lipinski definition) is 1. The van der Waals surface area contributed by atoms with Crippen LogP contribution in [0.2, 0.25) is 0 Å². The van der Waals surface area contributed by atoms with E-state index < -0.39 is 6.10 Å². The van der Waals surface area contributed by atoms with Gasteiger partial charge in [0.15, 0.2) is 0 Å². The van der Waals surface area contributed by atoms with Gasteiger partial charge in [0.1, 0.15) is 18.5 Å². The molecule has 0 spiro atoms. The maximum absolute atomic E-state index is 10.2. The molecule has 1 aliphatic heterocycles. The minimum Gasteiger partial charge on any atom is -0.491 e. The molecule has 1 saturated heterocycles. The molecule has 3 atom stereocenters. The average Bonchev–Trinajstić information content (AvgIpc) is 2.39. The van der Waals surface area contributed by atoms with E-state index in [4.69, 9.17) is 4.74 Å². The number of aliphatic hydroxyl groups is 1. The molecule has 0 amide bonds. The van der Waals surface area contributed by atoms with Crippen molar-refractivity contribution < 1.29 is 9.84 Å². The van der Waals surface area contributed by atoms with Gasteiger partial charge in [-0.15, -0.1) is 0 Å². The molecule has 0 radical (unpaired) electrons. The Morgan fingerprint density at radius 3 is 2.48 bits per heavy atom. The first kappa shape index (κ1) is 16.3. The molecular weight excluding hydrogens is 262 g/mol. The first-order chi connectivity index (χ1) is 9.94. The second-order valence-electron chi connectivity index (χ2n) is 6.88. The van der Waals surface area contributed by atoms with E-state index in [0.29, 0.717) is 13.2 Å². The van der Waals surface area contributed by atoms with Crippen LogP contribution < -0.4 is 4.74 Å². The fourth-order valence-corrected chi connectivity index (χ4v) is 3.29. The molecule has 1 aromatic carbocycles. The van der Waals surface area contributed by atoms with Crippen LogP contribution in [0, 0.1) is 25.7 Å². The van der Waals surface area contributed by atoms with Crippen molar-refractivity contribution in [2.45, 2.75) is 40.2 Å². The van der Waals surface area contributed by atoms with Crippen LogP contribution in [0.1, 0.15) is 31.4 Å². The molecule has 21 heavy (non-hydrogen) atoms. The molecule has 3 unspecified atom stereocenters. The van der Waals surface area contributed by atoms with Crippen molar-refractivity contribution in [2.75, 3.05) is 26.2 Å². The second kappa shape index (κ2) is 7.28. The Labute approximate surface area is 128 Å². The SMILES string of the molecule is Cc1ccc(OCC(O)CN2CC(C)CC(C)C2)cc1C. The Balaban J connectivity index is 1.79. The smallest absolute Gasteiger partial charge is 0.119 e. The van der Waals surface area contributed by atoms with Gasteiger partial charge >= 0.3 is 0 Å². The van der Waals surface area contributed by atoms with E-state index in [1.54, 1.807) is 0 Å². The second-order valence-corrected chi connectivity index (χ2v) is 6.88. The predicted molar refractivity (Wildman–Crippen MR) is 86.8 cm³/mol. The highest BCUT2D eigenvalue weighted by Gasteiger charge is 2.23.